The summed E-state index contributed by atoms with van der Waals surface area (Å²) >= 11 is 0.639. The van der Waals surface area contributed by atoms with Crippen molar-refractivity contribution in [2.75, 3.05) is 7.11 Å². The summed E-state index contributed by atoms with van der Waals surface area (Å²) in [6.45, 7) is 2.33. The van der Waals surface area contributed by atoms with E-state index in [0.29, 0.717) is 0 Å². The van der Waals surface area contributed by atoms with Gasteiger partial charge in [0.2, 0.25) is 0 Å². The molecule has 0 fully saturated rings. The third kappa shape index (κ3) is 5.23. The Morgan fingerprint density at radius 3 is 2.26 bits per heavy atom. The number of methoxy groups -OCH3 is 1. The molecule has 1 nitrogen and oxygen atoms in total. The van der Waals surface area contributed by atoms with E-state index < -0.39 is 13.3 Å². The molecule has 1 aromatic rings. The van der Waals surface area contributed by atoms with Crippen LogP contribution in [0.4, 0.5) is 0 Å². The van der Waals surface area contributed by atoms with E-state index in [1.54, 1.807) is 0 Å². The van der Waals surface area contributed by atoms with Gasteiger partial charge in [0, 0.05) is 0 Å². The van der Waals surface area contributed by atoms with Crippen molar-refractivity contribution in [1.82, 2.24) is 0 Å². The number of halogens is 1. The summed E-state index contributed by atoms with van der Waals surface area (Å²) in [5.41, 5.74) is 1.35. The van der Waals surface area contributed by atoms with Gasteiger partial charge in [-0.1, -0.05) is 0 Å². The van der Waals surface area contributed by atoms with Crippen LogP contribution in [0.15, 0.2) is 40.5 Å². The van der Waals surface area contributed by atoms with E-state index in [2.05, 4.69) is 87.3 Å². The van der Waals surface area contributed by atoms with Crippen LogP contribution < -0.4 is 0 Å². The van der Waals surface area contributed by atoms with Crippen molar-refractivity contribution in [3.05, 3.63) is 46.1 Å². The number of hydrogen-bond donors (Lipinski definition) is 0. The fraction of sp³-hybridized carbons (Fsp3) is 0.500. The Kier molecular flexibility index (Phi) is 6.60. The molecule has 2 atom stereocenters. The van der Waals surface area contributed by atoms with Gasteiger partial charge in [0.25, 0.3) is 0 Å². The van der Waals surface area contributed by atoms with Gasteiger partial charge in [-0.3, -0.25) is 0 Å². The van der Waals surface area contributed by atoms with Gasteiger partial charge in [-0.15, -0.1) is 0 Å². The van der Waals surface area contributed by atoms with Crippen molar-refractivity contribution in [3.63, 3.8) is 0 Å². The van der Waals surface area contributed by atoms with Crippen LogP contribution in [0, 0.1) is 5.41 Å². The molecular weight excluding hydrogens is 408 g/mol. The van der Waals surface area contributed by atoms with E-state index in [-0.39, 0.29) is 11.5 Å². The SMILES string of the molecule is CO[C@H](c1ccccc1)[C@@](C)(/C=C/I)[CH2][Ge]([CH3])([CH3])[CH3]. The predicted octanol–water partition coefficient (Wildman–Crippen LogP) is 5.67. The van der Waals surface area contributed by atoms with Gasteiger partial charge in [0.15, 0.2) is 0 Å². The van der Waals surface area contributed by atoms with Crippen LogP contribution in [0.2, 0.25) is 22.5 Å². The van der Waals surface area contributed by atoms with E-state index in [9.17, 15) is 0 Å². The van der Waals surface area contributed by atoms with Gasteiger partial charge in [-0.05, 0) is 0 Å². The van der Waals surface area contributed by atoms with Crippen LogP contribution in [0.25, 0.3) is 0 Å². The topological polar surface area (TPSA) is 9.23 Å². The molecule has 0 spiro atoms. The van der Waals surface area contributed by atoms with Gasteiger partial charge in [0.05, 0.1) is 0 Å². The molecule has 0 aliphatic carbocycles. The molecule has 0 saturated carbocycles. The third-order valence-corrected chi connectivity index (χ3v) is 7.48. The fourth-order valence-corrected chi connectivity index (χ4v) is 9.19. The van der Waals surface area contributed by atoms with E-state index in [1.807, 2.05) is 7.11 Å². The molecule has 19 heavy (non-hydrogen) atoms. The minimum absolute atomic E-state index is 0.0789. The Morgan fingerprint density at radius 2 is 1.84 bits per heavy atom. The second-order valence-electron chi connectivity index (χ2n) is 6.56. The molecule has 0 aromatic heterocycles. The quantitative estimate of drug-likeness (QED) is 0.416. The van der Waals surface area contributed by atoms with Gasteiger partial charge >= 0.3 is 135 Å². The van der Waals surface area contributed by atoms with Gasteiger partial charge in [0.1, 0.15) is 0 Å². The van der Waals surface area contributed by atoms with Crippen LogP contribution in [-0.2, 0) is 4.74 Å². The summed E-state index contributed by atoms with van der Waals surface area (Å²) in [4.78, 5) is 0. The van der Waals surface area contributed by atoms with Gasteiger partial charge in [-0.25, -0.2) is 0 Å². The molecule has 0 saturated heterocycles. The maximum atomic E-state index is 5.88. The molecule has 0 aliphatic heterocycles. The Bertz CT molecular complexity index is 411. The fourth-order valence-electron chi connectivity index (χ4n) is 2.94. The normalized spacial score (nSPS) is 17.4. The zero-order chi connectivity index (χ0) is 14.5. The van der Waals surface area contributed by atoms with Crippen LogP contribution in [0.1, 0.15) is 18.6 Å². The van der Waals surface area contributed by atoms with Crippen LogP contribution in [0.3, 0.4) is 0 Å². The van der Waals surface area contributed by atoms with Crippen molar-refractivity contribution in [1.29, 1.82) is 0 Å². The summed E-state index contributed by atoms with van der Waals surface area (Å²) in [6, 6.07) is 10.6. The number of rotatable bonds is 6. The Morgan fingerprint density at radius 1 is 1.26 bits per heavy atom. The monoisotopic (exact) mass is 434 g/mol. The second kappa shape index (κ2) is 7.27. The minimum atomic E-state index is -1.68. The van der Waals surface area contributed by atoms with E-state index in [4.69, 9.17) is 4.74 Å². The summed E-state index contributed by atoms with van der Waals surface area (Å²) in [5, 5.41) is 1.26. The molecule has 0 unspecified atom stereocenters. The first-order valence-corrected chi connectivity index (χ1v) is 15.7. The first kappa shape index (κ1) is 17.2. The Labute approximate surface area is 134 Å². The molecule has 0 radical (unpaired) electrons. The Hall–Kier alpha value is 0.193. The zero-order valence-corrected chi connectivity index (χ0v) is 16.9. The molecule has 1 aromatic carbocycles. The van der Waals surface area contributed by atoms with E-state index in [0.717, 1.165) is 0 Å². The number of hydrogen-bond acceptors (Lipinski definition) is 1. The van der Waals surface area contributed by atoms with Gasteiger partial charge in [-0.2, -0.15) is 0 Å². The zero-order valence-electron chi connectivity index (χ0n) is 12.6. The number of ether oxygens (including phenoxy) is 1. The van der Waals surface area contributed by atoms with Crippen LogP contribution in [0.5, 0.6) is 0 Å². The van der Waals surface area contributed by atoms with Gasteiger partial charge < -0.3 is 0 Å². The maximum absolute atomic E-state index is 5.88. The molecular formula is C16H25GeIO. The summed E-state index contributed by atoms with van der Waals surface area (Å²) in [5.74, 6) is 7.41. The van der Waals surface area contributed by atoms with Crippen LogP contribution >= 0.6 is 22.6 Å². The van der Waals surface area contributed by atoms with Crippen LogP contribution in [-0.4, -0.2) is 20.4 Å². The average Bonchev–Trinajstić information content (AvgIpc) is 2.28. The first-order chi connectivity index (χ1) is 8.82. The van der Waals surface area contributed by atoms with E-state index >= 15 is 0 Å². The molecule has 0 bridgehead atoms. The first-order valence-electron chi connectivity index (χ1n) is 6.68. The van der Waals surface area contributed by atoms with Crippen molar-refractivity contribution in [3.8, 4) is 0 Å². The average molecular weight is 433 g/mol. The number of benzene rings is 1. The molecule has 0 heterocycles. The molecule has 0 aliphatic rings. The van der Waals surface area contributed by atoms with Crippen molar-refractivity contribution >= 4 is 35.9 Å². The molecule has 1 rings (SSSR count). The van der Waals surface area contributed by atoms with Crippen molar-refractivity contribution < 1.29 is 4.74 Å². The second-order valence-corrected chi connectivity index (χ2v) is 18.8. The molecule has 106 valence electrons. The third-order valence-electron chi connectivity index (χ3n) is 3.29. The van der Waals surface area contributed by atoms with E-state index in [1.165, 1.54) is 10.8 Å². The van der Waals surface area contributed by atoms with Crippen molar-refractivity contribution in [2.45, 2.75) is 35.5 Å². The molecule has 3 heteroatoms. The predicted molar refractivity (Wildman–Crippen MR) is 95.6 cm³/mol. The summed E-state index contributed by atoms with van der Waals surface area (Å²) < 4.78 is 8.01. The summed E-state index contributed by atoms with van der Waals surface area (Å²) in [7, 11) is 1.83. The molecule has 0 amide bonds. The Balaban J connectivity index is 3.15. The standard InChI is InChI=1S/C16H25GeIO/c1-16(11-12-18,13-17(2,3)4)15(19-5)14-9-7-6-8-10-14/h6-12,15H,13H2,1-5H3/b12-11+/t15-,16+/m1/s1. The molecule has 0 N–H and O–H groups in total. The summed E-state index contributed by atoms with van der Waals surface area (Å²) in [6.07, 6.45) is 2.45. The van der Waals surface area contributed by atoms with Crippen molar-refractivity contribution in [2.24, 2.45) is 5.41 Å².